The smallest absolute Gasteiger partial charge is 0.222 e. The number of anilines is 1. The molecule has 1 atom stereocenters. The van der Waals surface area contributed by atoms with Gasteiger partial charge in [-0.1, -0.05) is 18.2 Å². The number of carbonyl (C=O) groups is 1. The van der Waals surface area contributed by atoms with Crippen LogP contribution in [-0.2, 0) is 4.79 Å². The van der Waals surface area contributed by atoms with Crippen molar-refractivity contribution in [2.24, 2.45) is 11.7 Å². The van der Waals surface area contributed by atoms with Crippen molar-refractivity contribution in [1.82, 2.24) is 0 Å². The maximum Gasteiger partial charge on any atom is 0.222 e. The van der Waals surface area contributed by atoms with Gasteiger partial charge >= 0.3 is 0 Å². The maximum absolute atomic E-state index is 11.1. The van der Waals surface area contributed by atoms with Gasteiger partial charge in [0.1, 0.15) is 0 Å². The Balaban J connectivity index is 2.14. The molecule has 1 saturated heterocycles. The number of benzene rings is 1. The Morgan fingerprint density at radius 1 is 1.47 bits per heavy atom. The monoisotopic (exact) mass is 204 g/mol. The minimum absolute atomic E-state index is 0.0182. The molecule has 3 heteroatoms. The van der Waals surface area contributed by atoms with Crippen molar-refractivity contribution in [1.29, 1.82) is 0 Å². The molecular weight excluding hydrogens is 188 g/mol. The Kier molecular flexibility index (Phi) is 2.62. The van der Waals surface area contributed by atoms with E-state index in [1.165, 1.54) is 11.3 Å². The first-order chi connectivity index (χ1) is 7.18. The summed E-state index contributed by atoms with van der Waals surface area (Å²) in [5.41, 5.74) is 7.79. The standard InChI is InChI=1S/C12H16N2O/c1-9-4-2-3-5-11(9)14-7-6-10(8-14)12(13)15/h2-5,10H,6-8H2,1H3,(H2,13,15). The largest absolute Gasteiger partial charge is 0.370 e. The summed E-state index contributed by atoms with van der Waals surface area (Å²) in [6.45, 7) is 3.78. The minimum atomic E-state index is -0.175. The van der Waals surface area contributed by atoms with E-state index in [0.29, 0.717) is 0 Å². The van der Waals surface area contributed by atoms with Gasteiger partial charge in [0.05, 0.1) is 5.92 Å². The highest BCUT2D eigenvalue weighted by atomic mass is 16.1. The number of rotatable bonds is 2. The highest BCUT2D eigenvalue weighted by Crippen LogP contribution is 2.26. The van der Waals surface area contributed by atoms with Crippen molar-refractivity contribution >= 4 is 11.6 Å². The number of hydrogen-bond acceptors (Lipinski definition) is 2. The molecule has 1 aliphatic heterocycles. The predicted octanol–water partition coefficient (Wildman–Crippen LogP) is 1.31. The Labute approximate surface area is 89.9 Å². The summed E-state index contributed by atoms with van der Waals surface area (Å²) < 4.78 is 0. The Hall–Kier alpha value is -1.51. The summed E-state index contributed by atoms with van der Waals surface area (Å²) in [6.07, 6.45) is 0.879. The van der Waals surface area contributed by atoms with Gasteiger partial charge in [0.25, 0.3) is 0 Å². The molecule has 2 N–H and O–H groups in total. The molecule has 3 nitrogen and oxygen atoms in total. The van der Waals surface area contributed by atoms with Gasteiger partial charge in [0, 0.05) is 18.8 Å². The number of aryl methyl sites for hydroxylation is 1. The van der Waals surface area contributed by atoms with Gasteiger partial charge in [-0.2, -0.15) is 0 Å². The summed E-state index contributed by atoms with van der Waals surface area (Å²) in [5, 5.41) is 0. The summed E-state index contributed by atoms with van der Waals surface area (Å²) >= 11 is 0. The lowest BCUT2D eigenvalue weighted by molar-refractivity contribution is -0.121. The average Bonchev–Trinajstić information content (AvgIpc) is 2.67. The van der Waals surface area contributed by atoms with E-state index in [1.54, 1.807) is 0 Å². The van der Waals surface area contributed by atoms with Gasteiger partial charge in [-0.25, -0.2) is 0 Å². The number of nitrogens with zero attached hydrogens (tertiary/aromatic N) is 1. The van der Waals surface area contributed by atoms with Crippen LogP contribution >= 0.6 is 0 Å². The molecule has 0 aromatic heterocycles. The fourth-order valence-corrected chi connectivity index (χ4v) is 2.13. The van der Waals surface area contributed by atoms with Crippen LogP contribution in [0.1, 0.15) is 12.0 Å². The second kappa shape index (κ2) is 3.93. The fraction of sp³-hybridized carbons (Fsp3) is 0.417. The van der Waals surface area contributed by atoms with Crippen LogP contribution in [0.25, 0.3) is 0 Å². The van der Waals surface area contributed by atoms with Gasteiger partial charge in [-0.3, -0.25) is 4.79 Å². The normalized spacial score (nSPS) is 20.6. The molecule has 1 aromatic rings. The quantitative estimate of drug-likeness (QED) is 0.789. The Bertz CT molecular complexity index is 376. The van der Waals surface area contributed by atoms with Gasteiger partial charge in [-0.15, -0.1) is 0 Å². The number of primary amides is 1. The number of para-hydroxylation sites is 1. The highest BCUT2D eigenvalue weighted by Gasteiger charge is 2.27. The van der Waals surface area contributed by atoms with Crippen LogP contribution < -0.4 is 10.6 Å². The van der Waals surface area contributed by atoms with Gasteiger partial charge in [0.2, 0.25) is 5.91 Å². The first-order valence-electron chi connectivity index (χ1n) is 5.28. The first kappa shape index (κ1) is 10.0. The van der Waals surface area contributed by atoms with Crippen molar-refractivity contribution in [3.8, 4) is 0 Å². The molecule has 1 amide bonds. The van der Waals surface area contributed by atoms with E-state index >= 15 is 0 Å². The zero-order valence-corrected chi connectivity index (χ0v) is 8.94. The lowest BCUT2D eigenvalue weighted by atomic mass is 10.1. The van der Waals surface area contributed by atoms with Crippen LogP contribution in [-0.4, -0.2) is 19.0 Å². The van der Waals surface area contributed by atoms with E-state index in [1.807, 2.05) is 12.1 Å². The van der Waals surface area contributed by atoms with Crippen LogP contribution in [0.15, 0.2) is 24.3 Å². The van der Waals surface area contributed by atoms with Crippen molar-refractivity contribution in [3.05, 3.63) is 29.8 Å². The average molecular weight is 204 g/mol. The predicted molar refractivity (Wildman–Crippen MR) is 60.7 cm³/mol. The third-order valence-electron chi connectivity index (χ3n) is 3.05. The van der Waals surface area contributed by atoms with Gasteiger partial charge in [0.15, 0.2) is 0 Å². The molecule has 0 saturated carbocycles. The third kappa shape index (κ3) is 1.96. The third-order valence-corrected chi connectivity index (χ3v) is 3.05. The lowest BCUT2D eigenvalue weighted by Gasteiger charge is -2.20. The van der Waals surface area contributed by atoms with E-state index in [0.717, 1.165) is 19.5 Å². The molecule has 0 bridgehead atoms. The summed E-state index contributed by atoms with van der Waals surface area (Å²) in [7, 11) is 0. The van der Waals surface area contributed by atoms with E-state index in [4.69, 9.17) is 5.73 Å². The summed E-state index contributed by atoms with van der Waals surface area (Å²) in [5.74, 6) is -0.157. The Morgan fingerprint density at radius 2 is 2.20 bits per heavy atom. The highest BCUT2D eigenvalue weighted by molar-refractivity contribution is 5.78. The van der Waals surface area contributed by atoms with Crippen LogP contribution in [0.4, 0.5) is 5.69 Å². The molecular formula is C12H16N2O. The number of carbonyl (C=O) groups excluding carboxylic acids is 1. The first-order valence-corrected chi connectivity index (χ1v) is 5.28. The molecule has 1 aliphatic rings. The Morgan fingerprint density at radius 3 is 2.80 bits per heavy atom. The maximum atomic E-state index is 11.1. The van der Waals surface area contributed by atoms with Crippen LogP contribution in [0.5, 0.6) is 0 Å². The van der Waals surface area contributed by atoms with Crippen molar-refractivity contribution in [2.45, 2.75) is 13.3 Å². The molecule has 0 radical (unpaired) electrons. The molecule has 80 valence electrons. The topological polar surface area (TPSA) is 46.3 Å². The summed E-state index contributed by atoms with van der Waals surface area (Å²) in [4.78, 5) is 13.3. The van der Waals surface area contributed by atoms with E-state index in [-0.39, 0.29) is 11.8 Å². The van der Waals surface area contributed by atoms with Gasteiger partial charge in [-0.05, 0) is 25.0 Å². The molecule has 2 rings (SSSR count). The van der Waals surface area contributed by atoms with Gasteiger partial charge < -0.3 is 10.6 Å². The van der Waals surface area contributed by atoms with E-state index in [9.17, 15) is 4.79 Å². The summed E-state index contributed by atoms with van der Waals surface area (Å²) in [6, 6.07) is 8.24. The SMILES string of the molecule is Cc1ccccc1N1CCC(C(N)=O)C1. The molecule has 15 heavy (non-hydrogen) atoms. The molecule has 1 heterocycles. The molecule has 1 aromatic carbocycles. The van der Waals surface area contributed by atoms with Crippen LogP contribution in [0, 0.1) is 12.8 Å². The van der Waals surface area contributed by atoms with Crippen molar-refractivity contribution < 1.29 is 4.79 Å². The van der Waals surface area contributed by atoms with Crippen molar-refractivity contribution in [3.63, 3.8) is 0 Å². The van der Waals surface area contributed by atoms with Crippen LogP contribution in [0.3, 0.4) is 0 Å². The number of amides is 1. The number of nitrogens with two attached hydrogens (primary N) is 1. The zero-order valence-electron chi connectivity index (χ0n) is 8.94. The lowest BCUT2D eigenvalue weighted by Crippen LogP contribution is -2.27. The molecule has 0 aliphatic carbocycles. The van der Waals surface area contributed by atoms with E-state index in [2.05, 4.69) is 24.0 Å². The van der Waals surface area contributed by atoms with Crippen molar-refractivity contribution in [2.75, 3.05) is 18.0 Å². The zero-order chi connectivity index (χ0) is 10.8. The molecule has 0 spiro atoms. The second-order valence-electron chi connectivity index (χ2n) is 4.12. The number of hydrogen-bond donors (Lipinski definition) is 1. The molecule has 1 fully saturated rings. The van der Waals surface area contributed by atoms with Crippen LogP contribution in [0.2, 0.25) is 0 Å². The second-order valence-corrected chi connectivity index (χ2v) is 4.12. The molecule has 1 unspecified atom stereocenters. The van der Waals surface area contributed by atoms with E-state index < -0.39 is 0 Å². The minimum Gasteiger partial charge on any atom is -0.370 e. The fourth-order valence-electron chi connectivity index (χ4n) is 2.13.